The van der Waals surface area contributed by atoms with Crippen molar-refractivity contribution in [1.82, 2.24) is 14.7 Å². The van der Waals surface area contributed by atoms with Crippen molar-refractivity contribution in [2.75, 3.05) is 31.1 Å². The molecule has 1 aromatic heterocycles. The number of hydrogen-bond acceptors (Lipinski definition) is 4. The Morgan fingerprint density at radius 3 is 2.65 bits per heavy atom. The second kappa shape index (κ2) is 5.56. The lowest BCUT2D eigenvalue weighted by Gasteiger charge is -2.32. The number of likely N-dealkylation sites (tertiary alicyclic amines) is 1. The summed E-state index contributed by atoms with van der Waals surface area (Å²) in [6.07, 6.45) is 6.19. The van der Waals surface area contributed by atoms with Gasteiger partial charge in [0.1, 0.15) is 5.82 Å². The molecule has 2 aliphatic rings. The second-order valence-corrected chi connectivity index (χ2v) is 6.05. The van der Waals surface area contributed by atoms with Gasteiger partial charge in [0, 0.05) is 26.2 Å². The lowest BCUT2D eigenvalue weighted by Crippen LogP contribution is -2.41. The number of anilines is 1. The topological polar surface area (TPSA) is 41.4 Å². The first-order valence-corrected chi connectivity index (χ1v) is 7.68. The third kappa shape index (κ3) is 2.35. The molecule has 0 bridgehead atoms. The highest BCUT2D eigenvalue weighted by Gasteiger charge is 2.31. The lowest BCUT2D eigenvalue weighted by molar-refractivity contribution is 0.112. The van der Waals surface area contributed by atoms with Crippen molar-refractivity contribution in [2.45, 2.75) is 38.6 Å². The Kier molecular flexibility index (Phi) is 3.78. The molecule has 3 heterocycles. The molecule has 0 aromatic carbocycles. The van der Waals surface area contributed by atoms with Gasteiger partial charge in [0.25, 0.3) is 0 Å². The average molecular weight is 276 g/mol. The molecular formula is C15H24N4O. The van der Waals surface area contributed by atoms with Crippen LogP contribution in [0.3, 0.4) is 0 Å². The maximum Gasteiger partial charge on any atom is 0.155 e. The summed E-state index contributed by atoms with van der Waals surface area (Å²) >= 11 is 0. The van der Waals surface area contributed by atoms with Crippen LogP contribution < -0.4 is 4.90 Å². The van der Waals surface area contributed by atoms with Gasteiger partial charge in [-0.05, 0) is 39.3 Å². The fourth-order valence-corrected chi connectivity index (χ4v) is 3.69. The standard InChI is InChI=1S/C15H24N4O/c1-12-14(11-20)15(17(2)16-12)19-9-6-13(10-19)18-7-4-3-5-8-18/h11,13H,3-10H2,1-2H3. The second-order valence-electron chi connectivity index (χ2n) is 6.05. The predicted octanol–water partition coefficient (Wildman–Crippen LogP) is 1.61. The maximum absolute atomic E-state index is 11.3. The Bertz CT molecular complexity index is 490. The van der Waals surface area contributed by atoms with Crippen LogP contribution in [-0.4, -0.2) is 53.2 Å². The molecule has 0 N–H and O–H groups in total. The van der Waals surface area contributed by atoms with Gasteiger partial charge < -0.3 is 4.90 Å². The first kappa shape index (κ1) is 13.6. The molecular weight excluding hydrogens is 252 g/mol. The van der Waals surface area contributed by atoms with Crippen LogP contribution in [0.5, 0.6) is 0 Å². The normalized spacial score (nSPS) is 24.3. The van der Waals surface area contributed by atoms with Crippen LogP contribution in [0.4, 0.5) is 5.82 Å². The van der Waals surface area contributed by atoms with Gasteiger partial charge in [-0.3, -0.25) is 14.4 Å². The summed E-state index contributed by atoms with van der Waals surface area (Å²) in [7, 11) is 1.93. The summed E-state index contributed by atoms with van der Waals surface area (Å²) in [6.45, 7) is 6.44. The van der Waals surface area contributed by atoms with E-state index in [-0.39, 0.29) is 0 Å². The molecule has 3 rings (SSSR count). The summed E-state index contributed by atoms with van der Waals surface area (Å²) < 4.78 is 1.86. The van der Waals surface area contributed by atoms with Gasteiger partial charge in [-0.25, -0.2) is 0 Å². The van der Waals surface area contributed by atoms with Gasteiger partial charge in [-0.2, -0.15) is 5.10 Å². The highest BCUT2D eigenvalue weighted by molar-refractivity contribution is 5.84. The van der Waals surface area contributed by atoms with E-state index in [1.807, 2.05) is 18.7 Å². The Labute approximate surface area is 120 Å². The van der Waals surface area contributed by atoms with Gasteiger partial charge in [-0.15, -0.1) is 0 Å². The summed E-state index contributed by atoms with van der Waals surface area (Å²) in [4.78, 5) is 16.3. The molecule has 5 nitrogen and oxygen atoms in total. The van der Waals surface area contributed by atoms with Crippen molar-refractivity contribution < 1.29 is 4.79 Å². The van der Waals surface area contributed by atoms with Crippen LogP contribution in [0.25, 0.3) is 0 Å². The third-order valence-corrected chi connectivity index (χ3v) is 4.73. The number of piperidine rings is 1. The first-order valence-electron chi connectivity index (χ1n) is 7.68. The number of aromatic nitrogens is 2. The van der Waals surface area contributed by atoms with Crippen molar-refractivity contribution in [3.8, 4) is 0 Å². The Hall–Kier alpha value is -1.36. The number of rotatable bonds is 3. The van der Waals surface area contributed by atoms with Gasteiger partial charge in [0.2, 0.25) is 0 Å². The van der Waals surface area contributed by atoms with Crippen molar-refractivity contribution >= 4 is 12.1 Å². The minimum atomic E-state index is 0.644. The zero-order valence-electron chi connectivity index (χ0n) is 12.5. The fraction of sp³-hybridized carbons (Fsp3) is 0.733. The molecule has 1 aromatic rings. The molecule has 0 spiro atoms. The van der Waals surface area contributed by atoms with E-state index in [0.29, 0.717) is 6.04 Å². The number of carbonyl (C=O) groups excluding carboxylic acids is 1. The number of nitrogens with zero attached hydrogens (tertiary/aromatic N) is 4. The molecule has 2 aliphatic heterocycles. The van der Waals surface area contributed by atoms with Crippen LogP contribution >= 0.6 is 0 Å². The zero-order chi connectivity index (χ0) is 14.1. The number of aldehydes is 1. The van der Waals surface area contributed by atoms with E-state index >= 15 is 0 Å². The quantitative estimate of drug-likeness (QED) is 0.787. The Morgan fingerprint density at radius 2 is 1.95 bits per heavy atom. The molecule has 0 amide bonds. The molecule has 1 unspecified atom stereocenters. The van der Waals surface area contributed by atoms with Crippen LogP contribution in [0, 0.1) is 6.92 Å². The van der Waals surface area contributed by atoms with Crippen LogP contribution in [0.2, 0.25) is 0 Å². The minimum Gasteiger partial charge on any atom is -0.355 e. The van der Waals surface area contributed by atoms with Crippen LogP contribution in [0.15, 0.2) is 0 Å². The number of carbonyl (C=O) groups is 1. The lowest BCUT2D eigenvalue weighted by atomic mass is 10.1. The largest absolute Gasteiger partial charge is 0.355 e. The molecule has 0 saturated carbocycles. The summed E-state index contributed by atoms with van der Waals surface area (Å²) in [5, 5.41) is 4.39. The number of aryl methyl sites for hydroxylation is 2. The van der Waals surface area contributed by atoms with E-state index in [1.54, 1.807) is 0 Å². The van der Waals surface area contributed by atoms with E-state index in [4.69, 9.17) is 0 Å². The average Bonchev–Trinajstić information content (AvgIpc) is 3.03. The molecule has 2 fully saturated rings. The van der Waals surface area contributed by atoms with E-state index in [1.165, 1.54) is 38.8 Å². The zero-order valence-corrected chi connectivity index (χ0v) is 12.5. The maximum atomic E-state index is 11.3. The van der Waals surface area contributed by atoms with Crippen molar-refractivity contribution in [1.29, 1.82) is 0 Å². The molecule has 0 radical (unpaired) electrons. The first-order chi connectivity index (χ1) is 9.70. The van der Waals surface area contributed by atoms with Crippen LogP contribution in [-0.2, 0) is 7.05 Å². The summed E-state index contributed by atoms with van der Waals surface area (Å²) in [5.74, 6) is 0.997. The van der Waals surface area contributed by atoms with Crippen molar-refractivity contribution in [3.63, 3.8) is 0 Å². The van der Waals surface area contributed by atoms with Gasteiger partial charge in [0.15, 0.2) is 6.29 Å². The monoisotopic (exact) mass is 276 g/mol. The molecule has 0 aliphatic carbocycles. The van der Waals surface area contributed by atoms with Crippen LogP contribution in [0.1, 0.15) is 41.7 Å². The Morgan fingerprint density at radius 1 is 1.20 bits per heavy atom. The van der Waals surface area contributed by atoms with Gasteiger partial charge in [0.05, 0.1) is 11.3 Å². The van der Waals surface area contributed by atoms with E-state index in [0.717, 1.165) is 36.5 Å². The summed E-state index contributed by atoms with van der Waals surface area (Å²) in [6, 6.07) is 0.644. The highest BCUT2D eigenvalue weighted by Crippen LogP contribution is 2.28. The molecule has 1 atom stereocenters. The van der Waals surface area contributed by atoms with Crippen molar-refractivity contribution in [2.24, 2.45) is 7.05 Å². The fourth-order valence-electron chi connectivity index (χ4n) is 3.69. The number of hydrogen-bond donors (Lipinski definition) is 0. The SMILES string of the molecule is Cc1nn(C)c(N2CCC(N3CCCCC3)C2)c1C=O. The van der Waals surface area contributed by atoms with E-state index in [2.05, 4.69) is 14.9 Å². The molecule has 5 heteroatoms. The van der Waals surface area contributed by atoms with E-state index < -0.39 is 0 Å². The molecule has 110 valence electrons. The summed E-state index contributed by atoms with van der Waals surface area (Å²) in [5.41, 5.74) is 1.59. The molecule has 20 heavy (non-hydrogen) atoms. The third-order valence-electron chi connectivity index (χ3n) is 4.73. The Balaban J connectivity index is 1.75. The highest BCUT2D eigenvalue weighted by atomic mass is 16.1. The smallest absolute Gasteiger partial charge is 0.155 e. The van der Waals surface area contributed by atoms with Gasteiger partial charge >= 0.3 is 0 Å². The van der Waals surface area contributed by atoms with Gasteiger partial charge in [-0.1, -0.05) is 6.42 Å². The van der Waals surface area contributed by atoms with Crippen molar-refractivity contribution in [3.05, 3.63) is 11.3 Å². The molecule has 2 saturated heterocycles. The predicted molar refractivity (Wildman–Crippen MR) is 79.4 cm³/mol. The minimum absolute atomic E-state index is 0.644. The van der Waals surface area contributed by atoms with E-state index in [9.17, 15) is 4.79 Å².